The zero-order chi connectivity index (χ0) is 14.5. The summed E-state index contributed by atoms with van der Waals surface area (Å²) in [7, 11) is 0. The van der Waals surface area contributed by atoms with E-state index in [4.69, 9.17) is 11.6 Å². The summed E-state index contributed by atoms with van der Waals surface area (Å²) in [5.41, 5.74) is 1.32. The number of aryl methyl sites for hydroxylation is 1. The first-order valence-electron chi connectivity index (χ1n) is 5.99. The molecule has 0 saturated heterocycles. The highest BCUT2D eigenvalue weighted by atomic mass is 35.5. The highest BCUT2D eigenvalue weighted by molar-refractivity contribution is 8.00. The summed E-state index contributed by atoms with van der Waals surface area (Å²) in [5, 5.41) is 3.32. The monoisotopic (exact) mass is 309 g/mol. The van der Waals surface area contributed by atoms with Crippen LogP contribution in [0, 0.1) is 12.7 Å². The number of hydrogen-bond acceptors (Lipinski definition) is 2. The Kier molecular flexibility index (Phi) is 5.04. The second kappa shape index (κ2) is 6.77. The molecule has 2 nitrogen and oxygen atoms in total. The Bertz CT molecular complexity index is 633. The Balaban J connectivity index is 1.96. The molecule has 0 fully saturated rings. The molecule has 0 aliphatic rings. The van der Waals surface area contributed by atoms with Gasteiger partial charge in [0.25, 0.3) is 0 Å². The van der Waals surface area contributed by atoms with E-state index in [1.54, 1.807) is 12.1 Å². The van der Waals surface area contributed by atoms with Crippen molar-refractivity contribution in [3.05, 3.63) is 58.9 Å². The van der Waals surface area contributed by atoms with E-state index in [2.05, 4.69) is 5.32 Å². The van der Waals surface area contributed by atoms with Crippen molar-refractivity contribution >= 4 is 35.0 Å². The van der Waals surface area contributed by atoms with Crippen molar-refractivity contribution in [2.45, 2.75) is 11.8 Å². The number of carbonyl (C=O) groups is 1. The number of halogens is 2. The number of hydrogen-bond donors (Lipinski definition) is 1. The third-order valence-electron chi connectivity index (χ3n) is 2.67. The van der Waals surface area contributed by atoms with E-state index in [9.17, 15) is 9.18 Å². The van der Waals surface area contributed by atoms with Gasteiger partial charge in [0.2, 0.25) is 5.91 Å². The molecule has 5 heteroatoms. The first-order chi connectivity index (χ1) is 9.56. The molecule has 0 unspecified atom stereocenters. The third-order valence-corrected chi connectivity index (χ3v) is 4.18. The molecule has 0 aliphatic carbocycles. The highest BCUT2D eigenvalue weighted by Gasteiger charge is 2.08. The van der Waals surface area contributed by atoms with E-state index in [-0.39, 0.29) is 17.5 Å². The molecule has 0 heterocycles. The van der Waals surface area contributed by atoms with Crippen molar-refractivity contribution in [1.29, 1.82) is 0 Å². The zero-order valence-corrected chi connectivity index (χ0v) is 12.4. The van der Waals surface area contributed by atoms with Gasteiger partial charge in [-0.2, -0.15) is 0 Å². The van der Waals surface area contributed by atoms with Crippen molar-refractivity contribution in [1.82, 2.24) is 0 Å². The average molecular weight is 310 g/mol. The van der Waals surface area contributed by atoms with Gasteiger partial charge >= 0.3 is 0 Å². The second-order valence-electron chi connectivity index (χ2n) is 4.23. The van der Waals surface area contributed by atoms with Crippen LogP contribution in [0.15, 0.2) is 47.4 Å². The molecule has 2 rings (SSSR count). The molecule has 2 aromatic rings. The first-order valence-corrected chi connectivity index (χ1v) is 7.36. The van der Waals surface area contributed by atoms with Crippen LogP contribution in [-0.2, 0) is 4.79 Å². The lowest BCUT2D eigenvalue weighted by molar-refractivity contribution is -0.113. The van der Waals surface area contributed by atoms with Crippen LogP contribution in [-0.4, -0.2) is 11.7 Å². The molecule has 1 N–H and O–H groups in total. The molecular formula is C15H13ClFNOS. The van der Waals surface area contributed by atoms with Crippen LogP contribution < -0.4 is 5.32 Å². The molecule has 0 bridgehead atoms. The van der Waals surface area contributed by atoms with Gasteiger partial charge in [0.05, 0.1) is 10.8 Å². The summed E-state index contributed by atoms with van der Waals surface area (Å²) in [4.78, 5) is 12.7. The molecule has 0 radical (unpaired) electrons. The number of nitrogens with one attached hydrogen (secondary N) is 1. The summed E-state index contributed by atoms with van der Waals surface area (Å²) in [6.45, 7) is 1.82. The number of carbonyl (C=O) groups excluding carboxylic acids is 1. The maximum Gasteiger partial charge on any atom is 0.234 e. The van der Waals surface area contributed by atoms with E-state index in [1.165, 1.54) is 23.9 Å². The number of anilines is 1. The summed E-state index contributed by atoms with van der Waals surface area (Å²) >= 11 is 7.36. The summed E-state index contributed by atoms with van der Waals surface area (Å²) in [6.07, 6.45) is 0. The van der Waals surface area contributed by atoms with Crippen molar-refractivity contribution in [3.63, 3.8) is 0 Å². The third kappa shape index (κ3) is 3.99. The highest BCUT2D eigenvalue weighted by Crippen LogP contribution is 2.26. The van der Waals surface area contributed by atoms with Gasteiger partial charge in [0, 0.05) is 10.6 Å². The smallest absolute Gasteiger partial charge is 0.234 e. The first kappa shape index (κ1) is 14.9. The molecule has 104 valence electrons. The molecule has 20 heavy (non-hydrogen) atoms. The van der Waals surface area contributed by atoms with Crippen LogP contribution in [0.4, 0.5) is 10.1 Å². The predicted octanol–water partition coefficient (Wildman–Crippen LogP) is 4.52. The van der Waals surface area contributed by atoms with Crippen LogP contribution in [0.5, 0.6) is 0 Å². The van der Waals surface area contributed by atoms with E-state index in [0.29, 0.717) is 10.7 Å². The standard InChI is InChI=1S/C15H13ClFNOS/c1-10-6-7-11(17)8-13(10)18-15(19)9-20-14-5-3-2-4-12(14)16/h2-8H,9H2,1H3,(H,18,19). The molecule has 0 aromatic heterocycles. The Labute approximate surface area is 126 Å². The maximum absolute atomic E-state index is 13.1. The van der Waals surface area contributed by atoms with Crippen LogP contribution in [0.3, 0.4) is 0 Å². The zero-order valence-electron chi connectivity index (χ0n) is 10.8. The molecular weight excluding hydrogens is 297 g/mol. The lowest BCUT2D eigenvalue weighted by Gasteiger charge is -2.08. The van der Waals surface area contributed by atoms with Gasteiger partial charge in [-0.3, -0.25) is 4.79 Å². The molecule has 0 spiro atoms. The van der Waals surface area contributed by atoms with Crippen LogP contribution in [0.25, 0.3) is 0 Å². The van der Waals surface area contributed by atoms with Crippen LogP contribution in [0.2, 0.25) is 5.02 Å². The molecule has 0 atom stereocenters. The minimum absolute atomic E-state index is 0.191. The number of benzene rings is 2. The van der Waals surface area contributed by atoms with Crippen LogP contribution in [0.1, 0.15) is 5.56 Å². The average Bonchev–Trinajstić information content (AvgIpc) is 2.42. The quantitative estimate of drug-likeness (QED) is 0.841. The van der Waals surface area contributed by atoms with Gasteiger partial charge in [-0.1, -0.05) is 29.8 Å². The Hall–Kier alpha value is -1.52. The van der Waals surface area contributed by atoms with Crippen molar-refractivity contribution in [3.8, 4) is 0 Å². The largest absolute Gasteiger partial charge is 0.325 e. The second-order valence-corrected chi connectivity index (χ2v) is 5.65. The maximum atomic E-state index is 13.1. The van der Waals surface area contributed by atoms with Crippen molar-refractivity contribution < 1.29 is 9.18 Å². The fourth-order valence-corrected chi connectivity index (χ4v) is 2.66. The van der Waals surface area contributed by atoms with Crippen LogP contribution >= 0.6 is 23.4 Å². The summed E-state index contributed by atoms with van der Waals surface area (Å²) < 4.78 is 13.1. The fraction of sp³-hybridized carbons (Fsp3) is 0.133. The van der Waals surface area contributed by atoms with E-state index in [0.717, 1.165) is 10.5 Å². The number of thioether (sulfide) groups is 1. The Morgan fingerprint density at radius 3 is 2.80 bits per heavy atom. The lowest BCUT2D eigenvalue weighted by Crippen LogP contribution is -2.15. The predicted molar refractivity (Wildman–Crippen MR) is 81.9 cm³/mol. The van der Waals surface area contributed by atoms with Crippen molar-refractivity contribution in [2.75, 3.05) is 11.1 Å². The topological polar surface area (TPSA) is 29.1 Å². The summed E-state index contributed by atoms with van der Waals surface area (Å²) in [5.74, 6) is -0.340. The SMILES string of the molecule is Cc1ccc(F)cc1NC(=O)CSc1ccccc1Cl. The number of amides is 1. The molecule has 0 aliphatic heterocycles. The molecule has 0 saturated carbocycles. The van der Waals surface area contributed by atoms with Gasteiger partial charge in [-0.15, -0.1) is 11.8 Å². The Morgan fingerprint density at radius 1 is 1.30 bits per heavy atom. The Morgan fingerprint density at radius 2 is 2.05 bits per heavy atom. The van der Waals surface area contributed by atoms with Gasteiger partial charge in [-0.05, 0) is 36.8 Å². The van der Waals surface area contributed by atoms with Gasteiger partial charge in [-0.25, -0.2) is 4.39 Å². The van der Waals surface area contributed by atoms with Gasteiger partial charge in [0.15, 0.2) is 0 Å². The van der Waals surface area contributed by atoms with E-state index < -0.39 is 0 Å². The minimum Gasteiger partial charge on any atom is -0.325 e. The van der Waals surface area contributed by atoms with Crippen molar-refractivity contribution in [2.24, 2.45) is 0 Å². The minimum atomic E-state index is -0.371. The van der Waals surface area contributed by atoms with Gasteiger partial charge in [0.1, 0.15) is 5.82 Å². The summed E-state index contributed by atoms with van der Waals surface area (Å²) in [6, 6.07) is 11.6. The fourth-order valence-electron chi connectivity index (χ4n) is 1.62. The number of rotatable bonds is 4. The van der Waals surface area contributed by atoms with E-state index in [1.807, 2.05) is 25.1 Å². The lowest BCUT2D eigenvalue weighted by atomic mass is 10.2. The normalized spacial score (nSPS) is 10.3. The van der Waals surface area contributed by atoms with E-state index >= 15 is 0 Å². The molecule has 2 aromatic carbocycles. The van der Waals surface area contributed by atoms with Gasteiger partial charge < -0.3 is 5.32 Å². The molecule has 1 amide bonds.